The predicted octanol–water partition coefficient (Wildman–Crippen LogP) is 3.31. The Balaban J connectivity index is 2.07. The van der Waals surface area contributed by atoms with Gasteiger partial charge in [0.05, 0.1) is 22.8 Å². The lowest BCUT2D eigenvalue weighted by atomic mass is 10.2. The first-order chi connectivity index (χ1) is 12.7. The number of rotatable bonds is 7. The van der Waals surface area contributed by atoms with Crippen LogP contribution in [0.2, 0.25) is 0 Å². The third kappa shape index (κ3) is 5.64. The number of sulfone groups is 1. The number of aryl methyl sites for hydroxylation is 1. The Morgan fingerprint density at radius 1 is 1.11 bits per heavy atom. The van der Waals surface area contributed by atoms with E-state index >= 15 is 0 Å². The van der Waals surface area contributed by atoms with E-state index in [0.717, 1.165) is 10.0 Å². The van der Waals surface area contributed by atoms with E-state index in [1.165, 1.54) is 12.1 Å². The summed E-state index contributed by atoms with van der Waals surface area (Å²) in [5.74, 6) is -1.05. The van der Waals surface area contributed by atoms with Crippen LogP contribution in [0.4, 0.5) is 5.69 Å². The quantitative estimate of drug-likeness (QED) is 0.673. The van der Waals surface area contributed by atoms with Gasteiger partial charge in [-0.15, -0.1) is 0 Å². The highest BCUT2D eigenvalue weighted by Crippen LogP contribution is 2.20. The highest BCUT2D eigenvalue weighted by Gasteiger charge is 2.21. The summed E-state index contributed by atoms with van der Waals surface area (Å²) in [5.41, 5.74) is 1.56. The molecule has 0 aromatic heterocycles. The Hall–Kier alpha value is -2.19. The molecule has 2 aromatic rings. The average Bonchev–Trinajstić information content (AvgIpc) is 2.62. The maximum Gasteiger partial charge on any atom is 0.253 e. The van der Waals surface area contributed by atoms with E-state index in [9.17, 15) is 18.0 Å². The van der Waals surface area contributed by atoms with Gasteiger partial charge in [-0.3, -0.25) is 9.59 Å². The van der Waals surface area contributed by atoms with Gasteiger partial charge in [-0.05, 0) is 49.2 Å². The molecule has 8 heteroatoms. The molecule has 2 aromatic carbocycles. The normalized spacial score (nSPS) is 11.1. The van der Waals surface area contributed by atoms with Gasteiger partial charge in [0.2, 0.25) is 5.91 Å². The number of hydrogen-bond acceptors (Lipinski definition) is 4. The number of benzene rings is 2. The molecule has 2 amide bonds. The van der Waals surface area contributed by atoms with Crippen molar-refractivity contribution in [3.05, 3.63) is 58.1 Å². The van der Waals surface area contributed by atoms with E-state index in [1.54, 1.807) is 31.2 Å². The standard InChI is InChI=1S/C19H21BrN2O4S/c1-3-10-27(25,26)17-7-5-4-6-15(17)19(24)21-12-18(23)22-16-9-8-14(20)11-13(16)2/h4-9,11H,3,10,12H2,1-2H3,(H,21,24)(H,22,23). The third-order valence-electron chi connectivity index (χ3n) is 3.81. The molecule has 0 aliphatic carbocycles. The smallest absolute Gasteiger partial charge is 0.253 e. The van der Waals surface area contributed by atoms with Crippen molar-refractivity contribution in [2.24, 2.45) is 0 Å². The number of carbonyl (C=O) groups excluding carboxylic acids is 2. The van der Waals surface area contributed by atoms with E-state index in [-0.39, 0.29) is 22.8 Å². The van der Waals surface area contributed by atoms with Crippen molar-refractivity contribution < 1.29 is 18.0 Å². The lowest BCUT2D eigenvalue weighted by Crippen LogP contribution is -2.33. The first kappa shape index (κ1) is 21.1. The highest BCUT2D eigenvalue weighted by molar-refractivity contribution is 9.10. The molecule has 6 nitrogen and oxygen atoms in total. The molecule has 0 saturated carbocycles. The van der Waals surface area contributed by atoms with Gasteiger partial charge in [-0.1, -0.05) is 35.0 Å². The summed E-state index contributed by atoms with van der Waals surface area (Å²) in [6.07, 6.45) is 0.452. The van der Waals surface area contributed by atoms with Gasteiger partial charge >= 0.3 is 0 Å². The molecule has 0 atom stereocenters. The molecule has 0 saturated heterocycles. The molecule has 27 heavy (non-hydrogen) atoms. The number of anilines is 1. The van der Waals surface area contributed by atoms with Crippen molar-refractivity contribution in [3.8, 4) is 0 Å². The van der Waals surface area contributed by atoms with Gasteiger partial charge in [-0.2, -0.15) is 0 Å². The zero-order chi connectivity index (χ0) is 20.0. The summed E-state index contributed by atoms with van der Waals surface area (Å²) in [7, 11) is -3.55. The molecule has 0 spiro atoms. The Bertz CT molecular complexity index is 958. The summed E-state index contributed by atoms with van der Waals surface area (Å²) < 4.78 is 25.6. The van der Waals surface area contributed by atoms with Gasteiger partial charge in [0, 0.05) is 10.2 Å². The second-order valence-electron chi connectivity index (χ2n) is 6.01. The summed E-state index contributed by atoms with van der Waals surface area (Å²) in [6, 6.07) is 11.4. The molecule has 0 radical (unpaired) electrons. The van der Waals surface area contributed by atoms with Crippen molar-refractivity contribution in [2.45, 2.75) is 25.2 Å². The minimum atomic E-state index is -3.55. The number of amides is 2. The lowest BCUT2D eigenvalue weighted by Gasteiger charge is -2.12. The Morgan fingerprint density at radius 3 is 2.48 bits per heavy atom. The predicted molar refractivity (Wildman–Crippen MR) is 109 cm³/mol. The Kier molecular flexibility index (Phi) is 7.15. The highest BCUT2D eigenvalue weighted by atomic mass is 79.9. The van der Waals surface area contributed by atoms with Gasteiger partial charge < -0.3 is 10.6 Å². The van der Waals surface area contributed by atoms with Gasteiger partial charge in [0.25, 0.3) is 5.91 Å². The molecule has 0 heterocycles. The molecule has 0 fully saturated rings. The molecule has 0 aliphatic rings. The molecule has 0 bridgehead atoms. The van der Waals surface area contributed by atoms with Crippen LogP contribution < -0.4 is 10.6 Å². The first-order valence-corrected chi connectivity index (χ1v) is 10.8. The van der Waals surface area contributed by atoms with Gasteiger partial charge in [0.15, 0.2) is 9.84 Å². The van der Waals surface area contributed by atoms with Crippen LogP contribution in [0.25, 0.3) is 0 Å². The number of carbonyl (C=O) groups is 2. The van der Waals surface area contributed by atoms with E-state index in [1.807, 2.05) is 13.0 Å². The zero-order valence-corrected chi connectivity index (χ0v) is 17.5. The minimum absolute atomic E-state index is 0.0199. The summed E-state index contributed by atoms with van der Waals surface area (Å²) >= 11 is 3.35. The van der Waals surface area contributed by atoms with Crippen molar-refractivity contribution in [1.82, 2.24) is 5.32 Å². The molecular formula is C19H21BrN2O4S. The van der Waals surface area contributed by atoms with Crippen LogP contribution in [0.1, 0.15) is 29.3 Å². The van der Waals surface area contributed by atoms with Crippen LogP contribution >= 0.6 is 15.9 Å². The molecule has 0 unspecified atom stereocenters. The Labute approximate surface area is 167 Å². The second kappa shape index (κ2) is 9.14. The largest absolute Gasteiger partial charge is 0.343 e. The van der Waals surface area contributed by atoms with Crippen LogP contribution in [-0.4, -0.2) is 32.5 Å². The van der Waals surface area contributed by atoms with Crippen molar-refractivity contribution in [2.75, 3.05) is 17.6 Å². The Morgan fingerprint density at radius 2 is 1.81 bits per heavy atom. The summed E-state index contributed by atoms with van der Waals surface area (Å²) in [5, 5.41) is 5.20. The summed E-state index contributed by atoms with van der Waals surface area (Å²) in [4.78, 5) is 24.5. The van der Waals surface area contributed by atoms with Crippen LogP contribution in [0.3, 0.4) is 0 Å². The average molecular weight is 453 g/mol. The van der Waals surface area contributed by atoms with Crippen LogP contribution in [0, 0.1) is 6.92 Å². The van der Waals surface area contributed by atoms with Crippen LogP contribution in [-0.2, 0) is 14.6 Å². The molecule has 2 N–H and O–H groups in total. The SMILES string of the molecule is CCCS(=O)(=O)c1ccccc1C(=O)NCC(=O)Nc1ccc(Br)cc1C. The van der Waals surface area contributed by atoms with Gasteiger partial charge in [-0.25, -0.2) is 8.42 Å². The number of halogens is 1. The summed E-state index contributed by atoms with van der Waals surface area (Å²) in [6.45, 7) is 3.35. The molecular weight excluding hydrogens is 432 g/mol. The molecule has 0 aliphatic heterocycles. The number of hydrogen-bond donors (Lipinski definition) is 2. The maximum absolute atomic E-state index is 12.4. The topological polar surface area (TPSA) is 92.3 Å². The van der Waals surface area contributed by atoms with Gasteiger partial charge in [0.1, 0.15) is 0 Å². The molecule has 144 valence electrons. The van der Waals surface area contributed by atoms with Crippen molar-refractivity contribution in [3.63, 3.8) is 0 Å². The first-order valence-electron chi connectivity index (χ1n) is 8.40. The third-order valence-corrected chi connectivity index (χ3v) is 6.28. The van der Waals surface area contributed by atoms with E-state index in [4.69, 9.17) is 0 Å². The van der Waals surface area contributed by atoms with Crippen molar-refractivity contribution >= 4 is 43.3 Å². The number of nitrogens with one attached hydrogen (secondary N) is 2. The minimum Gasteiger partial charge on any atom is -0.343 e. The molecule has 2 rings (SSSR count). The van der Waals surface area contributed by atoms with E-state index in [0.29, 0.717) is 12.1 Å². The fourth-order valence-electron chi connectivity index (χ4n) is 2.52. The van der Waals surface area contributed by atoms with Crippen molar-refractivity contribution in [1.29, 1.82) is 0 Å². The van der Waals surface area contributed by atoms with E-state index in [2.05, 4.69) is 26.6 Å². The maximum atomic E-state index is 12.4. The fraction of sp³-hybridized carbons (Fsp3) is 0.263. The van der Waals surface area contributed by atoms with Crippen LogP contribution in [0.15, 0.2) is 51.8 Å². The fourth-order valence-corrected chi connectivity index (χ4v) is 4.54. The zero-order valence-electron chi connectivity index (χ0n) is 15.1. The van der Waals surface area contributed by atoms with Crippen LogP contribution in [0.5, 0.6) is 0 Å². The lowest BCUT2D eigenvalue weighted by molar-refractivity contribution is -0.115. The monoisotopic (exact) mass is 452 g/mol. The van der Waals surface area contributed by atoms with E-state index < -0.39 is 21.7 Å². The second-order valence-corrected chi connectivity index (χ2v) is 9.00.